The maximum Gasteiger partial charge on any atom is 0.159 e. The SMILES string of the molecule is COCc1nc(NN)cc(-n2cc(Cl)cn2)n1. The van der Waals surface area contributed by atoms with Crippen LogP contribution in [0.2, 0.25) is 5.02 Å². The average molecular weight is 255 g/mol. The topological polar surface area (TPSA) is 90.9 Å². The van der Waals surface area contributed by atoms with Crippen LogP contribution in [0.5, 0.6) is 0 Å². The van der Waals surface area contributed by atoms with Crippen molar-refractivity contribution < 1.29 is 4.74 Å². The third-order valence-electron chi connectivity index (χ3n) is 1.97. The highest BCUT2D eigenvalue weighted by molar-refractivity contribution is 6.30. The number of methoxy groups -OCH3 is 1. The molecule has 0 saturated carbocycles. The Hall–Kier alpha value is -1.70. The summed E-state index contributed by atoms with van der Waals surface area (Å²) in [6.07, 6.45) is 3.16. The van der Waals surface area contributed by atoms with Crippen LogP contribution in [0.15, 0.2) is 18.5 Å². The van der Waals surface area contributed by atoms with Gasteiger partial charge in [0.2, 0.25) is 0 Å². The van der Waals surface area contributed by atoms with E-state index in [-0.39, 0.29) is 6.61 Å². The molecule has 0 fully saturated rings. The van der Waals surface area contributed by atoms with E-state index in [1.54, 1.807) is 19.4 Å². The summed E-state index contributed by atoms with van der Waals surface area (Å²) in [7, 11) is 1.57. The maximum absolute atomic E-state index is 5.79. The summed E-state index contributed by atoms with van der Waals surface area (Å²) >= 11 is 5.79. The molecule has 2 heterocycles. The van der Waals surface area contributed by atoms with Gasteiger partial charge < -0.3 is 10.2 Å². The van der Waals surface area contributed by atoms with Gasteiger partial charge in [-0.25, -0.2) is 20.5 Å². The maximum atomic E-state index is 5.79. The van der Waals surface area contributed by atoms with Crippen LogP contribution in [-0.2, 0) is 11.3 Å². The van der Waals surface area contributed by atoms with Crippen molar-refractivity contribution in [2.75, 3.05) is 12.5 Å². The third-order valence-corrected chi connectivity index (χ3v) is 2.16. The molecule has 8 heteroatoms. The van der Waals surface area contributed by atoms with Crippen LogP contribution in [-0.4, -0.2) is 26.9 Å². The highest BCUT2D eigenvalue weighted by atomic mass is 35.5. The second kappa shape index (κ2) is 5.09. The number of hydrogen-bond acceptors (Lipinski definition) is 6. The van der Waals surface area contributed by atoms with Gasteiger partial charge in [0.1, 0.15) is 12.4 Å². The Morgan fingerprint density at radius 1 is 1.53 bits per heavy atom. The summed E-state index contributed by atoms with van der Waals surface area (Å²) in [5, 5.41) is 4.57. The zero-order valence-corrected chi connectivity index (χ0v) is 9.85. The summed E-state index contributed by atoms with van der Waals surface area (Å²) in [4.78, 5) is 8.39. The van der Waals surface area contributed by atoms with Gasteiger partial charge in [0.05, 0.1) is 17.4 Å². The second-order valence-electron chi connectivity index (χ2n) is 3.21. The highest BCUT2D eigenvalue weighted by Gasteiger charge is 2.06. The van der Waals surface area contributed by atoms with Gasteiger partial charge in [0.15, 0.2) is 11.6 Å². The van der Waals surface area contributed by atoms with Gasteiger partial charge in [-0.2, -0.15) is 5.10 Å². The molecular weight excluding hydrogens is 244 g/mol. The van der Waals surface area contributed by atoms with E-state index in [9.17, 15) is 0 Å². The number of hydrazine groups is 1. The van der Waals surface area contributed by atoms with Crippen molar-refractivity contribution in [3.8, 4) is 5.82 Å². The van der Waals surface area contributed by atoms with E-state index in [2.05, 4.69) is 20.5 Å². The van der Waals surface area contributed by atoms with Crippen LogP contribution in [0, 0.1) is 0 Å². The Balaban J connectivity index is 2.42. The van der Waals surface area contributed by atoms with Gasteiger partial charge >= 0.3 is 0 Å². The minimum atomic E-state index is 0.289. The number of nitrogens with one attached hydrogen (secondary N) is 1. The van der Waals surface area contributed by atoms with Crippen molar-refractivity contribution in [1.29, 1.82) is 0 Å². The van der Waals surface area contributed by atoms with Crippen molar-refractivity contribution >= 4 is 17.4 Å². The fraction of sp³-hybridized carbons (Fsp3) is 0.222. The van der Waals surface area contributed by atoms with E-state index in [1.807, 2.05) is 0 Å². The normalized spacial score (nSPS) is 10.5. The standard InChI is InChI=1S/C9H11ClN6O/c1-17-5-8-13-7(15-11)2-9(14-8)16-4-6(10)3-12-16/h2-4H,5,11H2,1H3,(H,13,14,15). The molecule has 0 atom stereocenters. The number of aromatic nitrogens is 4. The van der Waals surface area contributed by atoms with E-state index in [1.165, 1.54) is 10.9 Å². The van der Waals surface area contributed by atoms with Gasteiger partial charge in [-0.1, -0.05) is 11.6 Å². The lowest BCUT2D eigenvalue weighted by Gasteiger charge is -2.06. The first kappa shape index (κ1) is 11.8. The monoisotopic (exact) mass is 254 g/mol. The van der Waals surface area contributed by atoms with E-state index in [4.69, 9.17) is 22.2 Å². The molecule has 3 N–H and O–H groups in total. The van der Waals surface area contributed by atoms with Crippen LogP contribution in [0.25, 0.3) is 5.82 Å². The van der Waals surface area contributed by atoms with Crippen LogP contribution in [0.3, 0.4) is 0 Å². The number of hydrogen-bond donors (Lipinski definition) is 2. The van der Waals surface area contributed by atoms with Crippen molar-refractivity contribution in [2.24, 2.45) is 5.84 Å². The predicted molar refractivity (Wildman–Crippen MR) is 62.7 cm³/mol. The molecule has 2 aromatic heterocycles. The molecule has 2 rings (SSSR count). The zero-order chi connectivity index (χ0) is 12.3. The molecule has 7 nitrogen and oxygen atoms in total. The molecule has 0 bridgehead atoms. The van der Waals surface area contributed by atoms with Gasteiger partial charge in [-0.15, -0.1) is 0 Å². The number of halogens is 1. The molecule has 0 unspecified atom stereocenters. The molecule has 2 aromatic rings. The van der Waals surface area contributed by atoms with Gasteiger partial charge in [0.25, 0.3) is 0 Å². The summed E-state index contributed by atoms with van der Waals surface area (Å²) < 4.78 is 6.51. The molecule has 0 aliphatic heterocycles. The van der Waals surface area contributed by atoms with Crippen LogP contribution >= 0.6 is 11.6 Å². The van der Waals surface area contributed by atoms with E-state index >= 15 is 0 Å². The molecule has 0 aliphatic carbocycles. The van der Waals surface area contributed by atoms with Crippen molar-refractivity contribution in [3.63, 3.8) is 0 Å². The second-order valence-corrected chi connectivity index (χ2v) is 3.64. The summed E-state index contributed by atoms with van der Waals surface area (Å²) in [6, 6.07) is 1.66. The molecular formula is C9H11ClN6O. The van der Waals surface area contributed by atoms with E-state index < -0.39 is 0 Å². The molecule has 0 spiro atoms. The summed E-state index contributed by atoms with van der Waals surface area (Å²) in [5.74, 6) is 6.88. The van der Waals surface area contributed by atoms with Crippen molar-refractivity contribution in [3.05, 3.63) is 29.3 Å². The van der Waals surface area contributed by atoms with Crippen LogP contribution in [0.1, 0.15) is 5.82 Å². The Bertz CT molecular complexity index is 514. The van der Waals surface area contributed by atoms with Gasteiger partial charge in [0, 0.05) is 13.2 Å². The summed E-state index contributed by atoms with van der Waals surface area (Å²) in [5.41, 5.74) is 2.46. The first-order valence-corrected chi connectivity index (χ1v) is 5.15. The Kier molecular flexibility index (Phi) is 3.52. The van der Waals surface area contributed by atoms with Gasteiger partial charge in [-0.05, 0) is 0 Å². The first-order chi connectivity index (χ1) is 8.22. The summed E-state index contributed by atoms with van der Waals surface area (Å²) in [6.45, 7) is 0.289. The minimum absolute atomic E-state index is 0.289. The smallest absolute Gasteiger partial charge is 0.159 e. The third kappa shape index (κ3) is 2.70. The lowest BCUT2D eigenvalue weighted by molar-refractivity contribution is 0.178. The number of ether oxygens (including phenoxy) is 1. The largest absolute Gasteiger partial charge is 0.377 e. The first-order valence-electron chi connectivity index (χ1n) is 4.77. The molecule has 90 valence electrons. The quantitative estimate of drug-likeness (QED) is 0.618. The predicted octanol–water partition coefficient (Wildman–Crippen LogP) is 0.748. The molecule has 0 saturated heterocycles. The van der Waals surface area contributed by atoms with E-state index in [0.717, 1.165) is 0 Å². The molecule has 0 radical (unpaired) electrons. The minimum Gasteiger partial charge on any atom is -0.377 e. The highest BCUT2D eigenvalue weighted by Crippen LogP contribution is 2.13. The number of nitrogens with two attached hydrogens (primary N) is 1. The number of nitrogen functional groups attached to an aromatic ring is 1. The zero-order valence-electron chi connectivity index (χ0n) is 9.09. The number of nitrogens with zero attached hydrogens (tertiary/aromatic N) is 4. The fourth-order valence-electron chi connectivity index (χ4n) is 1.29. The Labute approximate surface area is 103 Å². The average Bonchev–Trinajstić information content (AvgIpc) is 2.76. The molecule has 0 aliphatic rings. The van der Waals surface area contributed by atoms with Crippen molar-refractivity contribution in [2.45, 2.75) is 6.61 Å². The van der Waals surface area contributed by atoms with Crippen molar-refractivity contribution in [1.82, 2.24) is 19.7 Å². The molecule has 0 aromatic carbocycles. The Morgan fingerprint density at radius 2 is 2.35 bits per heavy atom. The fourth-order valence-corrected chi connectivity index (χ4v) is 1.43. The van der Waals surface area contributed by atoms with Crippen LogP contribution < -0.4 is 11.3 Å². The Morgan fingerprint density at radius 3 is 2.94 bits per heavy atom. The van der Waals surface area contributed by atoms with Gasteiger partial charge in [-0.3, -0.25) is 0 Å². The number of rotatable bonds is 4. The molecule has 0 amide bonds. The van der Waals surface area contributed by atoms with E-state index in [0.29, 0.717) is 22.5 Å². The lowest BCUT2D eigenvalue weighted by atomic mass is 10.5. The van der Waals surface area contributed by atoms with Crippen LogP contribution in [0.4, 0.5) is 5.82 Å². The molecule has 17 heavy (non-hydrogen) atoms. The number of anilines is 1. The lowest BCUT2D eigenvalue weighted by Crippen LogP contribution is -2.13.